The second kappa shape index (κ2) is 3.55. The molecule has 1 aliphatic rings. The van der Waals surface area contributed by atoms with Crippen molar-refractivity contribution in [3.63, 3.8) is 0 Å². The maximum absolute atomic E-state index is 11.6. The van der Waals surface area contributed by atoms with Crippen LogP contribution >= 0.6 is 0 Å². The summed E-state index contributed by atoms with van der Waals surface area (Å²) in [6.07, 6.45) is 2.68. The number of amides is 1. The predicted octanol–water partition coefficient (Wildman–Crippen LogP) is 2.34. The summed E-state index contributed by atoms with van der Waals surface area (Å²) < 4.78 is 2.17. The lowest BCUT2D eigenvalue weighted by Crippen LogP contribution is -2.47. The molecule has 1 N–H and O–H groups in total. The lowest BCUT2D eigenvalue weighted by Gasteiger charge is -2.20. The highest BCUT2D eigenvalue weighted by Gasteiger charge is 2.30. The summed E-state index contributed by atoms with van der Waals surface area (Å²) in [7, 11) is 0. The molecule has 1 unspecified atom stereocenters. The third-order valence-corrected chi connectivity index (χ3v) is 3.47. The van der Waals surface area contributed by atoms with E-state index in [1.807, 2.05) is 12.1 Å². The number of hydrogen-bond acceptors (Lipinski definition) is 1. The van der Waals surface area contributed by atoms with Crippen molar-refractivity contribution in [2.45, 2.75) is 26.3 Å². The number of pyridine rings is 1. The van der Waals surface area contributed by atoms with Crippen molar-refractivity contribution < 1.29 is 9.36 Å². The third kappa shape index (κ3) is 1.50. The first-order valence-electron chi connectivity index (χ1n) is 5.90. The number of benzene rings is 1. The number of carbonyl (C=O) groups excluding carboxylic acids is 1. The topological polar surface area (TPSA) is 33.0 Å². The van der Waals surface area contributed by atoms with Gasteiger partial charge in [0, 0.05) is 10.9 Å². The van der Waals surface area contributed by atoms with Crippen LogP contribution in [0, 0.1) is 6.92 Å². The standard InChI is InChI=1S/C14H14N2O/c1-9-7-13(17)15-14-10(2)12-6-4-3-5-11(12)8-16(9)14/h3-6,8-9H,7H2,1-2H3/p+1. The van der Waals surface area contributed by atoms with Crippen LogP contribution in [0.4, 0.5) is 5.82 Å². The van der Waals surface area contributed by atoms with E-state index in [0.29, 0.717) is 6.42 Å². The quantitative estimate of drug-likeness (QED) is 0.688. The SMILES string of the molecule is Cc1c2[n+](cc3ccccc13)C(C)CC(=O)N2. The molecule has 2 aromatic rings. The van der Waals surface area contributed by atoms with Crippen molar-refractivity contribution in [3.05, 3.63) is 36.0 Å². The van der Waals surface area contributed by atoms with E-state index in [0.717, 1.165) is 11.4 Å². The van der Waals surface area contributed by atoms with E-state index in [-0.39, 0.29) is 11.9 Å². The minimum absolute atomic E-state index is 0.107. The molecular weight excluding hydrogens is 212 g/mol. The summed E-state index contributed by atoms with van der Waals surface area (Å²) in [5, 5.41) is 5.40. The number of hydrogen-bond donors (Lipinski definition) is 1. The molecule has 0 radical (unpaired) electrons. The Kier molecular flexibility index (Phi) is 2.15. The van der Waals surface area contributed by atoms with Crippen molar-refractivity contribution in [1.82, 2.24) is 0 Å². The minimum atomic E-state index is 0.107. The summed E-state index contributed by atoms with van der Waals surface area (Å²) in [4.78, 5) is 11.6. The highest BCUT2D eigenvalue weighted by molar-refractivity contribution is 5.94. The van der Waals surface area contributed by atoms with Gasteiger partial charge >= 0.3 is 5.91 Å². The van der Waals surface area contributed by atoms with Gasteiger partial charge in [-0.3, -0.25) is 0 Å². The van der Waals surface area contributed by atoms with Gasteiger partial charge in [0.2, 0.25) is 0 Å². The summed E-state index contributed by atoms with van der Waals surface area (Å²) in [6, 6.07) is 8.50. The van der Waals surface area contributed by atoms with E-state index in [2.05, 4.69) is 42.1 Å². The van der Waals surface area contributed by atoms with Gasteiger partial charge in [-0.2, -0.15) is 0 Å². The Bertz CT molecular complexity index is 619. The van der Waals surface area contributed by atoms with E-state index in [9.17, 15) is 4.79 Å². The molecule has 3 heteroatoms. The third-order valence-electron chi connectivity index (χ3n) is 3.47. The Morgan fingerprint density at radius 1 is 1.35 bits per heavy atom. The number of anilines is 1. The van der Waals surface area contributed by atoms with Crippen LogP contribution in [-0.4, -0.2) is 5.91 Å². The van der Waals surface area contributed by atoms with Crippen LogP contribution in [0.1, 0.15) is 24.9 Å². The molecule has 0 saturated heterocycles. The van der Waals surface area contributed by atoms with Crippen LogP contribution in [0.2, 0.25) is 0 Å². The first kappa shape index (κ1) is 10.3. The average Bonchev–Trinajstić information content (AvgIpc) is 2.31. The Hall–Kier alpha value is -1.90. The van der Waals surface area contributed by atoms with Crippen LogP contribution in [-0.2, 0) is 4.79 Å². The second-order valence-electron chi connectivity index (χ2n) is 4.70. The fourth-order valence-electron chi connectivity index (χ4n) is 2.54. The van der Waals surface area contributed by atoms with E-state index >= 15 is 0 Å². The molecule has 2 heterocycles. The summed E-state index contributed by atoms with van der Waals surface area (Å²) in [5.74, 6) is 1.04. The smallest absolute Gasteiger partial charge is 0.247 e. The molecule has 1 amide bonds. The lowest BCUT2D eigenvalue weighted by atomic mass is 10.0. The molecule has 0 spiro atoms. The van der Waals surface area contributed by atoms with Gasteiger partial charge in [-0.1, -0.05) is 24.3 Å². The van der Waals surface area contributed by atoms with Crippen LogP contribution in [0.5, 0.6) is 0 Å². The fraction of sp³-hybridized carbons (Fsp3) is 0.286. The van der Waals surface area contributed by atoms with Gasteiger partial charge in [0.15, 0.2) is 0 Å². The van der Waals surface area contributed by atoms with Gasteiger partial charge in [0.25, 0.3) is 5.82 Å². The molecule has 86 valence electrons. The Labute approximate surface area is 100 Å². The minimum Gasteiger partial charge on any atom is -0.247 e. The van der Waals surface area contributed by atoms with Gasteiger partial charge in [-0.15, -0.1) is 0 Å². The summed E-state index contributed by atoms with van der Waals surface area (Å²) in [6.45, 7) is 4.14. The molecule has 0 saturated carbocycles. The zero-order valence-electron chi connectivity index (χ0n) is 10.0. The summed E-state index contributed by atoms with van der Waals surface area (Å²) in [5.41, 5.74) is 1.14. The van der Waals surface area contributed by atoms with E-state index in [4.69, 9.17) is 0 Å². The predicted molar refractivity (Wildman–Crippen MR) is 66.8 cm³/mol. The van der Waals surface area contributed by atoms with Gasteiger partial charge in [0.05, 0.1) is 12.6 Å². The van der Waals surface area contributed by atoms with Crippen LogP contribution < -0.4 is 9.88 Å². The molecule has 3 rings (SSSR count). The largest absolute Gasteiger partial charge is 0.311 e. The van der Waals surface area contributed by atoms with Crippen molar-refractivity contribution in [1.29, 1.82) is 0 Å². The maximum Gasteiger partial charge on any atom is 0.311 e. The number of aromatic nitrogens is 1. The number of rotatable bonds is 0. The Morgan fingerprint density at radius 2 is 2.12 bits per heavy atom. The number of aryl methyl sites for hydroxylation is 1. The van der Waals surface area contributed by atoms with Gasteiger partial charge < -0.3 is 0 Å². The Balaban J connectivity index is 2.35. The van der Waals surface area contributed by atoms with Crippen LogP contribution in [0.3, 0.4) is 0 Å². The summed E-state index contributed by atoms with van der Waals surface area (Å²) >= 11 is 0. The van der Waals surface area contributed by atoms with Crippen molar-refractivity contribution >= 4 is 22.5 Å². The molecule has 3 nitrogen and oxygen atoms in total. The first-order chi connectivity index (χ1) is 8.16. The van der Waals surface area contributed by atoms with Crippen molar-refractivity contribution in [2.75, 3.05) is 5.32 Å². The molecule has 0 bridgehead atoms. The average molecular weight is 227 g/mol. The zero-order valence-corrected chi connectivity index (χ0v) is 10.0. The highest BCUT2D eigenvalue weighted by atomic mass is 16.1. The molecule has 1 aromatic heterocycles. The van der Waals surface area contributed by atoms with Gasteiger partial charge in [-0.25, -0.2) is 14.7 Å². The van der Waals surface area contributed by atoms with Crippen molar-refractivity contribution in [2.24, 2.45) is 0 Å². The van der Waals surface area contributed by atoms with E-state index in [1.165, 1.54) is 10.8 Å². The second-order valence-corrected chi connectivity index (χ2v) is 4.70. The fourth-order valence-corrected chi connectivity index (χ4v) is 2.54. The first-order valence-corrected chi connectivity index (χ1v) is 5.90. The number of fused-ring (bicyclic) bond motifs is 2. The molecule has 17 heavy (non-hydrogen) atoms. The monoisotopic (exact) mass is 227 g/mol. The molecule has 1 atom stereocenters. The molecule has 1 aliphatic heterocycles. The molecular formula is C14H15N2O+. The van der Waals surface area contributed by atoms with Gasteiger partial charge in [0.1, 0.15) is 6.04 Å². The molecule has 1 aromatic carbocycles. The zero-order chi connectivity index (χ0) is 12.0. The highest BCUT2D eigenvalue weighted by Crippen LogP contribution is 2.26. The van der Waals surface area contributed by atoms with Crippen molar-refractivity contribution in [3.8, 4) is 0 Å². The molecule has 0 fully saturated rings. The number of carbonyl (C=O) groups is 1. The van der Waals surface area contributed by atoms with Gasteiger partial charge in [-0.05, 0) is 19.2 Å². The Morgan fingerprint density at radius 3 is 2.94 bits per heavy atom. The van der Waals surface area contributed by atoms with E-state index < -0.39 is 0 Å². The maximum atomic E-state index is 11.6. The number of nitrogens with zero attached hydrogens (tertiary/aromatic N) is 1. The van der Waals surface area contributed by atoms with Crippen LogP contribution in [0.25, 0.3) is 10.8 Å². The van der Waals surface area contributed by atoms with E-state index in [1.54, 1.807) is 0 Å². The molecule has 0 aliphatic carbocycles. The normalized spacial score (nSPS) is 18.9. The van der Waals surface area contributed by atoms with Crippen LogP contribution in [0.15, 0.2) is 30.5 Å². The lowest BCUT2D eigenvalue weighted by molar-refractivity contribution is -0.706. The number of nitrogens with one attached hydrogen (secondary N) is 1.